The third kappa shape index (κ3) is 1.41. The van der Waals surface area contributed by atoms with Crippen molar-refractivity contribution in [3.05, 3.63) is 17.2 Å². The van der Waals surface area contributed by atoms with Gasteiger partial charge in [0.25, 0.3) is 0 Å². The average molecular weight is 233 g/mol. The number of nitriles is 1. The summed E-state index contributed by atoms with van der Waals surface area (Å²) in [5, 5.41) is 18.7. The molecule has 0 amide bonds. The van der Waals surface area contributed by atoms with Gasteiger partial charge in [-0.15, -0.1) is 0 Å². The van der Waals surface area contributed by atoms with Gasteiger partial charge in [0.15, 0.2) is 5.69 Å². The largest absolute Gasteiger partial charge is 0.395 e. The smallest absolute Gasteiger partial charge is 0.162 e. The van der Waals surface area contributed by atoms with E-state index in [9.17, 15) is 5.11 Å². The topological polar surface area (TPSA) is 71.1 Å². The quantitative estimate of drug-likeness (QED) is 0.800. The van der Waals surface area contributed by atoms with Crippen LogP contribution in [0, 0.1) is 11.3 Å². The van der Waals surface area contributed by atoms with Crippen LogP contribution >= 0.6 is 0 Å². The van der Waals surface area contributed by atoms with Crippen LogP contribution in [0.25, 0.3) is 0 Å². The first kappa shape index (κ1) is 10.8. The molecule has 0 spiro atoms. The zero-order valence-electron chi connectivity index (χ0n) is 9.65. The molecule has 2 aliphatic heterocycles. The van der Waals surface area contributed by atoms with Crippen molar-refractivity contribution in [2.24, 2.45) is 0 Å². The first-order valence-corrected chi connectivity index (χ1v) is 5.99. The molecule has 0 bridgehead atoms. The summed E-state index contributed by atoms with van der Waals surface area (Å²) in [6, 6.07) is 2.17. The van der Waals surface area contributed by atoms with E-state index >= 15 is 0 Å². The molecule has 0 aliphatic carbocycles. The molecule has 0 aromatic carbocycles. The second-order valence-electron chi connectivity index (χ2n) is 4.88. The van der Waals surface area contributed by atoms with Gasteiger partial charge in [-0.05, 0) is 19.3 Å². The van der Waals surface area contributed by atoms with Crippen LogP contribution in [0.4, 0.5) is 0 Å². The summed E-state index contributed by atoms with van der Waals surface area (Å²) in [7, 11) is 0. The minimum atomic E-state index is -0.374. The normalized spacial score (nSPS) is 21.4. The zero-order chi connectivity index (χ0) is 11.9. The molecule has 0 unspecified atom stereocenters. The van der Waals surface area contributed by atoms with Crippen LogP contribution in [-0.4, -0.2) is 34.5 Å². The monoisotopic (exact) mass is 233 g/mol. The van der Waals surface area contributed by atoms with E-state index in [1.165, 1.54) is 0 Å². The molecule has 1 aromatic heterocycles. The van der Waals surface area contributed by atoms with Crippen LogP contribution in [0.1, 0.15) is 30.1 Å². The highest BCUT2D eigenvalue weighted by atomic mass is 16.5. The lowest BCUT2D eigenvalue weighted by atomic mass is 9.85. The Morgan fingerprint density at radius 2 is 2.29 bits per heavy atom. The molecule has 5 nitrogen and oxygen atoms in total. The number of aliphatic hydroxyl groups excluding tert-OH is 1. The van der Waals surface area contributed by atoms with Crippen LogP contribution in [0.3, 0.4) is 0 Å². The van der Waals surface area contributed by atoms with Gasteiger partial charge in [-0.25, -0.2) is 4.98 Å². The fourth-order valence-electron chi connectivity index (χ4n) is 2.68. The van der Waals surface area contributed by atoms with Crippen molar-refractivity contribution in [1.82, 2.24) is 9.55 Å². The predicted octanol–water partition coefficient (Wildman–Crippen LogP) is 0.351. The zero-order valence-corrected chi connectivity index (χ0v) is 9.65. The highest BCUT2D eigenvalue weighted by Gasteiger charge is 2.45. The third-order valence-corrected chi connectivity index (χ3v) is 3.76. The molecule has 1 saturated heterocycles. The van der Waals surface area contributed by atoms with Crippen LogP contribution in [-0.2, 0) is 23.1 Å². The fraction of sp³-hybridized carbons (Fsp3) is 0.667. The maximum absolute atomic E-state index is 9.56. The molecular formula is C12H15N3O2. The molecule has 5 heteroatoms. The molecule has 0 saturated carbocycles. The van der Waals surface area contributed by atoms with E-state index in [0.29, 0.717) is 18.9 Å². The van der Waals surface area contributed by atoms with Crippen molar-refractivity contribution in [2.75, 3.05) is 19.8 Å². The van der Waals surface area contributed by atoms with Crippen LogP contribution in [0.2, 0.25) is 0 Å². The Kier molecular flexibility index (Phi) is 2.42. The number of hydrogen-bond donors (Lipinski definition) is 1. The number of hydrogen-bond acceptors (Lipinski definition) is 4. The summed E-state index contributed by atoms with van der Waals surface area (Å²) in [4.78, 5) is 4.44. The number of ether oxygens (including phenoxy) is 1. The Morgan fingerprint density at radius 1 is 1.47 bits per heavy atom. The standard InChI is InChI=1S/C12H15N3O2/c13-5-9-10-3-1-2-4-15(10)11(14-9)12(6-16)7-17-8-12/h16H,1-4,6-8H2. The molecule has 2 aliphatic rings. The van der Waals surface area contributed by atoms with Crippen molar-refractivity contribution in [1.29, 1.82) is 5.26 Å². The average Bonchev–Trinajstić information content (AvgIpc) is 2.68. The van der Waals surface area contributed by atoms with Gasteiger partial charge in [-0.2, -0.15) is 5.26 Å². The summed E-state index contributed by atoms with van der Waals surface area (Å²) >= 11 is 0. The molecule has 1 aromatic rings. The Labute approximate surface area is 99.6 Å². The van der Waals surface area contributed by atoms with Gasteiger partial charge in [-0.1, -0.05) is 0 Å². The van der Waals surface area contributed by atoms with Gasteiger partial charge < -0.3 is 14.4 Å². The summed E-state index contributed by atoms with van der Waals surface area (Å²) in [5.74, 6) is 0.845. The van der Waals surface area contributed by atoms with E-state index < -0.39 is 0 Å². The second-order valence-corrected chi connectivity index (χ2v) is 4.88. The summed E-state index contributed by atoms with van der Waals surface area (Å²) in [6.45, 7) is 1.95. The van der Waals surface area contributed by atoms with Crippen LogP contribution in [0.5, 0.6) is 0 Å². The van der Waals surface area contributed by atoms with Crippen molar-refractivity contribution < 1.29 is 9.84 Å². The number of nitrogens with zero attached hydrogens (tertiary/aromatic N) is 3. The summed E-state index contributed by atoms with van der Waals surface area (Å²) < 4.78 is 7.35. The lowest BCUT2D eigenvalue weighted by molar-refractivity contribution is -0.0900. The maximum atomic E-state index is 9.56. The molecule has 0 radical (unpaired) electrons. The van der Waals surface area contributed by atoms with Gasteiger partial charge >= 0.3 is 0 Å². The van der Waals surface area contributed by atoms with E-state index in [2.05, 4.69) is 15.6 Å². The Bertz CT molecular complexity index is 477. The van der Waals surface area contributed by atoms with Crippen molar-refractivity contribution in [3.63, 3.8) is 0 Å². The number of imidazole rings is 1. The minimum absolute atomic E-state index is 0.0360. The third-order valence-electron chi connectivity index (χ3n) is 3.76. The van der Waals surface area contributed by atoms with Gasteiger partial charge in [0.05, 0.1) is 30.9 Å². The van der Waals surface area contributed by atoms with Gasteiger partial charge in [-0.3, -0.25) is 0 Å². The predicted molar refractivity (Wildman–Crippen MR) is 59.5 cm³/mol. The van der Waals surface area contributed by atoms with Crippen molar-refractivity contribution >= 4 is 0 Å². The first-order chi connectivity index (χ1) is 8.30. The fourth-order valence-corrected chi connectivity index (χ4v) is 2.68. The Balaban J connectivity index is 2.11. The van der Waals surface area contributed by atoms with E-state index in [1.54, 1.807) is 0 Å². The Hall–Kier alpha value is -1.38. The van der Waals surface area contributed by atoms with E-state index in [-0.39, 0.29) is 12.0 Å². The van der Waals surface area contributed by atoms with Crippen LogP contribution in [0.15, 0.2) is 0 Å². The van der Waals surface area contributed by atoms with Gasteiger partial charge in [0.2, 0.25) is 0 Å². The minimum Gasteiger partial charge on any atom is -0.395 e. The Morgan fingerprint density at radius 3 is 2.88 bits per heavy atom. The van der Waals surface area contributed by atoms with Crippen molar-refractivity contribution in [2.45, 2.75) is 31.2 Å². The van der Waals surface area contributed by atoms with Crippen molar-refractivity contribution in [3.8, 4) is 6.07 Å². The maximum Gasteiger partial charge on any atom is 0.162 e. The van der Waals surface area contributed by atoms with E-state index in [0.717, 1.165) is 37.3 Å². The van der Waals surface area contributed by atoms with E-state index in [4.69, 9.17) is 10.00 Å². The van der Waals surface area contributed by atoms with Gasteiger partial charge in [0, 0.05) is 6.54 Å². The molecule has 17 heavy (non-hydrogen) atoms. The summed E-state index contributed by atoms with van der Waals surface area (Å²) in [6.07, 6.45) is 3.14. The van der Waals surface area contributed by atoms with Crippen LogP contribution < -0.4 is 0 Å². The van der Waals surface area contributed by atoms with E-state index in [1.807, 2.05) is 0 Å². The molecule has 1 N–H and O–H groups in total. The molecule has 3 rings (SSSR count). The second kappa shape index (κ2) is 3.83. The summed E-state index contributed by atoms with van der Waals surface area (Å²) in [5.41, 5.74) is 1.19. The molecule has 1 fully saturated rings. The number of fused-ring (bicyclic) bond motifs is 1. The molecule has 90 valence electrons. The molecule has 3 heterocycles. The SMILES string of the molecule is N#Cc1nc(C2(CO)COC2)n2c1CCCC2. The molecular weight excluding hydrogens is 218 g/mol. The van der Waals surface area contributed by atoms with Gasteiger partial charge in [0.1, 0.15) is 11.9 Å². The lowest BCUT2D eigenvalue weighted by Gasteiger charge is -2.39. The molecule has 0 atom stereocenters. The highest BCUT2D eigenvalue weighted by Crippen LogP contribution is 2.34. The number of aromatic nitrogens is 2. The highest BCUT2D eigenvalue weighted by molar-refractivity contribution is 5.33. The first-order valence-electron chi connectivity index (χ1n) is 5.99. The number of rotatable bonds is 2. The number of aliphatic hydroxyl groups is 1. The lowest BCUT2D eigenvalue weighted by Crippen LogP contribution is -2.51.